The number of hydrogen-bond donors (Lipinski definition) is 2. The number of amidine groups is 2. The summed E-state index contributed by atoms with van der Waals surface area (Å²) in [7, 11) is 0. The second-order valence-corrected chi connectivity index (χ2v) is 11.8. The number of aliphatic imine (C=N–C) groups is 1. The number of thioether (sulfide) groups is 1. The summed E-state index contributed by atoms with van der Waals surface area (Å²) in [6.07, 6.45) is 5.61. The highest BCUT2D eigenvalue weighted by atomic mass is 35.5. The lowest BCUT2D eigenvalue weighted by atomic mass is 9.94. The summed E-state index contributed by atoms with van der Waals surface area (Å²) < 4.78 is 5.54. The fraction of sp³-hybridized carbons (Fsp3) is 0.556. The van der Waals surface area contributed by atoms with Crippen LogP contribution in [0.2, 0.25) is 0 Å². The summed E-state index contributed by atoms with van der Waals surface area (Å²) in [5.74, 6) is 0.237. The topological polar surface area (TPSA) is 89.6 Å². The van der Waals surface area contributed by atoms with Crippen molar-refractivity contribution in [3.63, 3.8) is 0 Å². The molecule has 0 fully saturated rings. The standard InChI is InChI=1S/C27H41ClN4O2S/c1-11-20(15-28)13-12-18(6)24-23(16(2)3)26(35-17(4)5)32(19(7)29)25(30)21(31-24)14-22(33)34-27(8,9)10/h11-13,16-17,21,29-30H,6,14-15H2,1-5,7-10H3/b13-12-,20-11+,29-19?,30-25?/t21-/m0/s1. The molecular weight excluding hydrogens is 480 g/mol. The van der Waals surface area contributed by atoms with Crippen molar-refractivity contribution in [3.8, 4) is 0 Å². The van der Waals surface area contributed by atoms with Crippen LogP contribution in [0, 0.1) is 16.7 Å². The first-order valence-electron chi connectivity index (χ1n) is 11.9. The van der Waals surface area contributed by atoms with Gasteiger partial charge in [0.1, 0.15) is 23.3 Å². The summed E-state index contributed by atoms with van der Waals surface area (Å²) >= 11 is 7.61. The monoisotopic (exact) mass is 520 g/mol. The van der Waals surface area contributed by atoms with Gasteiger partial charge in [0.05, 0.1) is 17.2 Å². The van der Waals surface area contributed by atoms with Crippen molar-refractivity contribution in [2.24, 2.45) is 10.9 Å². The molecule has 0 saturated heterocycles. The molecule has 0 aromatic rings. The number of ether oxygens (including phenoxy) is 1. The number of nitrogens with zero attached hydrogens (tertiary/aromatic N) is 2. The Labute approximate surface area is 220 Å². The van der Waals surface area contributed by atoms with Gasteiger partial charge in [-0.2, -0.15) is 0 Å². The van der Waals surface area contributed by atoms with Crippen molar-refractivity contribution in [2.45, 2.75) is 85.6 Å². The van der Waals surface area contributed by atoms with E-state index in [1.54, 1.807) is 23.6 Å². The van der Waals surface area contributed by atoms with Crippen LogP contribution < -0.4 is 0 Å². The molecule has 1 heterocycles. The van der Waals surface area contributed by atoms with Crippen molar-refractivity contribution in [1.29, 1.82) is 10.8 Å². The third-order valence-corrected chi connectivity index (χ3v) is 6.30. The van der Waals surface area contributed by atoms with E-state index in [1.807, 2.05) is 45.9 Å². The van der Waals surface area contributed by atoms with Crippen LogP contribution in [-0.2, 0) is 9.53 Å². The highest BCUT2D eigenvalue weighted by Crippen LogP contribution is 2.37. The fourth-order valence-electron chi connectivity index (χ4n) is 3.40. The SMILES string of the molecule is C=C(/C=C\C(=C/C)CCl)C1=N[C@@H](CC(=O)OC(C)(C)C)C(=N)N(C(C)=N)C(SC(C)C)=C1C(C)C. The number of carbonyl (C=O) groups excluding carboxylic acids is 1. The number of carbonyl (C=O) groups is 1. The molecule has 2 N–H and O–H groups in total. The van der Waals surface area contributed by atoms with E-state index in [0.29, 0.717) is 17.2 Å². The minimum atomic E-state index is -0.821. The van der Waals surface area contributed by atoms with Crippen molar-refractivity contribution >= 4 is 46.7 Å². The Morgan fingerprint density at radius 2 is 1.89 bits per heavy atom. The maximum Gasteiger partial charge on any atom is 0.308 e. The maximum atomic E-state index is 12.8. The number of esters is 1. The molecule has 0 bridgehead atoms. The second kappa shape index (κ2) is 13.3. The molecule has 0 aliphatic carbocycles. The molecule has 194 valence electrons. The van der Waals surface area contributed by atoms with E-state index in [9.17, 15) is 4.79 Å². The molecule has 1 rings (SSSR count). The third-order valence-electron chi connectivity index (χ3n) is 4.90. The summed E-state index contributed by atoms with van der Waals surface area (Å²) in [5.41, 5.74) is 2.49. The zero-order valence-electron chi connectivity index (χ0n) is 22.6. The van der Waals surface area contributed by atoms with Crippen molar-refractivity contribution in [2.75, 3.05) is 5.88 Å². The Morgan fingerprint density at radius 1 is 1.29 bits per heavy atom. The lowest BCUT2D eigenvalue weighted by molar-refractivity contribution is -0.154. The Morgan fingerprint density at radius 3 is 2.31 bits per heavy atom. The van der Waals surface area contributed by atoms with E-state index in [4.69, 9.17) is 32.1 Å². The van der Waals surface area contributed by atoms with Gasteiger partial charge < -0.3 is 4.74 Å². The first kappa shape index (κ1) is 30.9. The van der Waals surface area contributed by atoms with Crippen LogP contribution >= 0.6 is 23.4 Å². The molecule has 0 amide bonds. The lowest BCUT2D eigenvalue weighted by Crippen LogP contribution is -2.40. The molecule has 35 heavy (non-hydrogen) atoms. The molecule has 0 unspecified atom stereocenters. The minimum Gasteiger partial charge on any atom is -0.460 e. The quantitative estimate of drug-likeness (QED) is 0.111. The predicted molar refractivity (Wildman–Crippen MR) is 152 cm³/mol. The molecule has 6 nitrogen and oxygen atoms in total. The molecule has 0 radical (unpaired) electrons. The van der Waals surface area contributed by atoms with Gasteiger partial charge in [-0.3, -0.25) is 25.5 Å². The lowest BCUT2D eigenvalue weighted by Gasteiger charge is -2.30. The van der Waals surface area contributed by atoms with Crippen LogP contribution in [0.25, 0.3) is 0 Å². The average molecular weight is 521 g/mol. The average Bonchev–Trinajstić information content (AvgIpc) is 2.81. The second-order valence-electron chi connectivity index (χ2n) is 9.99. The zero-order chi connectivity index (χ0) is 27.1. The molecule has 0 saturated carbocycles. The fourth-order valence-corrected chi connectivity index (χ4v) is 4.89. The van der Waals surface area contributed by atoms with E-state index in [-0.39, 0.29) is 29.3 Å². The normalized spacial score (nSPS) is 17.9. The summed E-state index contributed by atoms with van der Waals surface area (Å²) in [6.45, 7) is 21.6. The van der Waals surface area contributed by atoms with E-state index in [2.05, 4.69) is 34.3 Å². The number of nitrogens with one attached hydrogen (secondary N) is 2. The number of alkyl halides is 1. The maximum absolute atomic E-state index is 12.8. The first-order chi connectivity index (χ1) is 16.1. The van der Waals surface area contributed by atoms with Crippen LogP contribution in [0.15, 0.2) is 51.5 Å². The van der Waals surface area contributed by atoms with Gasteiger partial charge >= 0.3 is 5.97 Å². The summed E-state index contributed by atoms with van der Waals surface area (Å²) in [4.78, 5) is 19.3. The molecule has 0 spiro atoms. The van der Waals surface area contributed by atoms with Crippen LogP contribution in [0.1, 0.15) is 68.7 Å². The highest BCUT2D eigenvalue weighted by molar-refractivity contribution is 8.03. The Hall–Kier alpha value is -2.12. The third kappa shape index (κ3) is 9.12. The van der Waals surface area contributed by atoms with Gasteiger partial charge in [-0.1, -0.05) is 52.5 Å². The van der Waals surface area contributed by atoms with E-state index < -0.39 is 17.6 Å². The smallest absolute Gasteiger partial charge is 0.308 e. The van der Waals surface area contributed by atoms with Crippen molar-refractivity contribution in [3.05, 3.63) is 46.6 Å². The largest absolute Gasteiger partial charge is 0.460 e. The van der Waals surface area contributed by atoms with Crippen LogP contribution in [0.3, 0.4) is 0 Å². The van der Waals surface area contributed by atoms with Crippen molar-refractivity contribution in [1.82, 2.24) is 4.90 Å². The molecule has 1 aliphatic rings. The van der Waals surface area contributed by atoms with E-state index in [0.717, 1.165) is 16.2 Å². The summed E-state index contributed by atoms with van der Waals surface area (Å²) in [6, 6.07) is -0.821. The molecule has 1 atom stereocenters. The number of rotatable bonds is 9. The number of allylic oxidation sites excluding steroid dienone is 6. The first-order valence-corrected chi connectivity index (χ1v) is 13.3. The predicted octanol–water partition coefficient (Wildman–Crippen LogP) is 7.12. The Balaban J connectivity index is 3.80. The molecule has 1 aliphatic heterocycles. The molecule has 8 heteroatoms. The zero-order valence-corrected chi connectivity index (χ0v) is 24.2. The Kier molecular flexibility index (Phi) is 11.7. The van der Waals surface area contributed by atoms with Gasteiger partial charge in [0.25, 0.3) is 0 Å². The van der Waals surface area contributed by atoms with Crippen LogP contribution in [0.4, 0.5) is 0 Å². The highest BCUT2D eigenvalue weighted by Gasteiger charge is 2.36. The summed E-state index contributed by atoms with van der Waals surface area (Å²) in [5, 5.41) is 18.5. The number of halogens is 1. The van der Waals surface area contributed by atoms with Gasteiger partial charge in [-0.25, -0.2) is 0 Å². The van der Waals surface area contributed by atoms with Gasteiger partial charge in [-0.05, 0) is 51.7 Å². The molecular formula is C27H41ClN4O2S. The van der Waals surface area contributed by atoms with Gasteiger partial charge in [-0.15, -0.1) is 23.4 Å². The van der Waals surface area contributed by atoms with Crippen molar-refractivity contribution < 1.29 is 9.53 Å². The molecule has 0 aromatic heterocycles. The van der Waals surface area contributed by atoms with Gasteiger partial charge in [0, 0.05) is 16.7 Å². The van der Waals surface area contributed by atoms with Gasteiger partial charge in [0.15, 0.2) is 0 Å². The Bertz CT molecular complexity index is 968. The number of hydrogen-bond acceptors (Lipinski definition) is 6. The van der Waals surface area contributed by atoms with Gasteiger partial charge in [0.2, 0.25) is 0 Å². The van der Waals surface area contributed by atoms with Crippen LogP contribution in [-0.4, -0.2) is 51.0 Å². The van der Waals surface area contributed by atoms with E-state index in [1.165, 1.54) is 0 Å². The molecule has 0 aromatic carbocycles. The van der Waals surface area contributed by atoms with E-state index >= 15 is 0 Å². The minimum absolute atomic E-state index is 0.0318. The van der Waals surface area contributed by atoms with Crippen LogP contribution in [0.5, 0.6) is 0 Å².